The van der Waals surface area contributed by atoms with Crippen molar-refractivity contribution < 1.29 is 9.09 Å². The van der Waals surface area contributed by atoms with E-state index >= 15 is 0 Å². The molecular weight excluding hydrogens is 161 g/mol. The average Bonchev–Trinajstić information content (AvgIpc) is 2.07. The molecule has 0 fully saturated rings. The lowest BCUT2D eigenvalue weighted by molar-refractivity contribution is 0.345. The Morgan fingerprint density at radius 3 is 3.09 bits per heavy atom. The Hall–Kier alpha value is -0.790. The molecular formula is C7H8NO2P. The van der Waals surface area contributed by atoms with Gasteiger partial charge in [-0.25, -0.2) is 4.57 Å². The molecule has 0 unspecified atom stereocenters. The van der Waals surface area contributed by atoms with E-state index in [9.17, 15) is 4.57 Å². The van der Waals surface area contributed by atoms with Crippen LogP contribution in [0, 0.1) is 0 Å². The highest BCUT2D eigenvalue weighted by Gasteiger charge is 1.91. The van der Waals surface area contributed by atoms with Crippen molar-refractivity contribution >= 4 is 8.69 Å². The summed E-state index contributed by atoms with van der Waals surface area (Å²) in [6.07, 6.45) is 2.43. The molecule has 0 saturated carbocycles. The summed E-state index contributed by atoms with van der Waals surface area (Å²) >= 11 is 0. The predicted molar refractivity (Wildman–Crippen MR) is 41.5 cm³/mol. The first-order valence-corrected chi connectivity index (χ1v) is 4.01. The van der Waals surface area contributed by atoms with Crippen molar-refractivity contribution in [3.8, 4) is 0 Å². The van der Waals surface area contributed by atoms with Gasteiger partial charge in [0.05, 0.1) is 6.61 Å². The van der Waals surface area contributed by atoms with Gasteiger partial charge in [-0.3, -0.25) is 9.51 Å². The van der Waals surface area contributed by atoms with Gasteiger partial charge >= 0.3 is 8.69 Å². The third kappa shape index (κ3) is 3.21. The number of hydrogen-bond acceptors (Lipinski definition) is 3. The van der Waals surface area contributed by atoms with Gasteiger partial charge in [0, 0.05) is 18.3 Å². The van der Waals surface area contributed by atoms with E-state index in [1.807, 2.05) is 18.2 Å². The second kappa shape index (κ2) is 4.94. The maximum atomic E-state index is 9.85. The summed E-state index contributed by atoms with van der Waals surface area (Å²) in [5.74, 6) is 0. The van der Waals surface area contributed by atoms with Gasteiger partial charge in [-0.1, -0.05) is 6.07 Å². The van der Waals surface area contributed by atoms with Crippen LogP contribution in [-0.2, 0) is 15.5 Å². The van der Waals surface area contributed by atoms with Crippen LogP contribution in [0.25, 0.3) is 0 Å². The molecule has 0 atom stereocenters. The molecule has 0 aliphatic carbocycles. The summed E-state index contributed by atoms with van der Waals surface area (Å²) in [6.45, 7) is 0.446. The molecule has 1 rings (SSSR count). The third-order valence-electron chi connectivity index (χ3n) is 1.23. The van der Waals surface area contributed by atoms with E-state index in [1.54, 1.807) is 6.20 Å². The Balaban J connectivity index is 2.33. The highest BCUT2D eigenvalue weighted by Crippen LogP contribution is 1.99. The van der Waals surface area contributed by atoms with Crippen LogP contribution in [0.2, 0.25) is 0 Å². The quantitative estimate of drug-likeness (QED) is 0.510. The Kier molecular flexibility index (Phi) is 3.73. The maximum Gasteiger partial charge on any atom is 0.327 e. The van der Waals surface area contributed by atoms with E-state index in [0.717, 1.165) is 5.69 Å². The van der Waals surface area contributed by atoms with Crippen molar-refractivity contribution in [2.75, 3.05) is 6.61 Å². The normalized spacial score (nSPS) is 10.2. The summed E-state index contributed by atoms with van der Waals surface area (Å²) in [5, 5.41) is 0. The lowest BCUT2D eigenvalue weighted by Gasteiger charge is -1.95. The number of pyridine rings is 1. The minimum Gasteiger partial charge on any atom is -0.294 e. The van der Waals surface area contributed by atoms with Crippen molar-refractivity contribution in [1.82, 2.24) is 4.98 Å². The van der Waals surface area contributed by atoms with Crippen LogP contribution in [0.5, 0.6) is 0 Å². The van der Waals surface area contributed by atoms with Gasteiger partial charge in [0.15, 0.2) is 0 Å². The zero-order valence-corrected chi connectivity index (χ0v) is 6.83. The molecule has 58 valence electrons. The van der Waals surface area contributed by atoms with E-state index in [4.69, 9.17) is 0 Å². The lowest BCUT2D eigenvalue weighted by Crippen LogP contribution is -1.93. The van der Waals surface area contributed by atoms with Crippen LogP contribution < -0.4 is 0 Å². The zero-order chi connectivity index (χ0) is 7.94. The first-order valence-electron chi connectivity index (χ1n) is 3.28. The molecule has 1 aromatic rings. The van der Waals surface area contributed by atoms with E-state index in [2.05, 4.69) is 9.51 Å². The van der Waals surface area contributed by atoms with E-state index in [0.29, 0.717) is 13.0 Å². The van der Waals surface area contributed by atoms with Crippen LogP contribution in [0.3, 0.4) is 0 Å². The first kappa shape index (κ1) is 8.31. The predicted octanol–water partition coefficient (Wildman–Crippen LogP) is 1.85. The molecule has 0 amide bonds. The zero-order valence-electron chi connectivity index (χ0n) is 5.93. The smallest absolute Gasteiger partial charge is 0.294 e. The number of hydrogen-bond donors (Lipinski definition) is 0. The standard InChI is InChI=1S/C7H8NO2P/c9-11-10-6-4-7-3-1-2-5-8-7/h1-3,5H,4,6H2. The lowest BCUT2D eigenvalue weighted by atomic mass is 10.3. The molecule has 0 aromatic carbocycles. The van der Waals surface area contributed by atoms with E-state index in [-0.39, 0.29) is 8.69 Å². The van der Waals surface area contributed by atoms with Gasteiger partial charge < -0.3 is 0 Å². The van der Waals surface area contributed by atoms with Gasteiger partial charge in [-0.2, -0.15) is 0 Å². The topological polar surface area (TPSA) is 39.2 Å². The number of aromatic nitrogens is 1. The second-order valence-electron chi connectivity index (χ2n) is 1.98. The van der Waals surface area contributed by atoms with Crippen molar-refractivity contribution in [3.63, 3.8) is 0 Å². The van der Waals surface area contributed by atoms with Crippen LogP contribution in [-0.4, -0.2) is 11.6 Å². The average molecular weight is 169 g/mol. The summed E-state index contributed by atoms with van der Waals surface area (Å²) in [5.41, 5.74) is 0.955. The summed E-state index contributed by atoms with van der Waals surface area (Å²) < 4.78 is 14.5. The Morgan fingerprint density at radius 1 is 1.55 bits per heavy atom. The minimum absolute atomic E-state index is 0.263. The molecule has 1 aromatic heterocycles. The van der Waals surface area contributed by atoms with Gasteiger partial charge in [0.1, 0.15) is 0 Å². The van der Waals surface area contributed by atoms with Gasteiger partial charge in [-0.05, 0) is 12.1 Å². The fourth-order valence-corrected chi connectivity index (χ4v) is 0.899. The van der Waals surface area contributed by atoms with Crippen LogP contribution in [0.1, 0.15) is 5.69 Å². The second-order valence-corrected chi connectivity index (χ2v) is 2.39. The number of rotatable bonds is 4. The maximum absolute atomic E-state index is 9.85. The molecule has 0 N–H and O–H groups in total. The summed E-state index contributed by atoms with van der Waals surface area (Å²) in [4.78, 5) is 4.07. The highest BCUT2D eigenvalue weighted by molar-refractivity contribution is 7.17. The molecule has 11 heavy (non-hydrogen) atoms. The van der Waals surface area contributed by atoms with Crippen LogP contribution >= 0.6 is 8.69 Å². The molecule has 0 aliphatic heterocycles. The fourth-order valence-electron chi connectivity index (χ4n) is 0.733. The molecule has 0 aliphatic rings. The fraction of sp³-hybridized carbons (Fsp3) is 0.286. The molecule has 4 heteroatoms. The molecule has 0 spiro atoms. The van der Waals surface area contributed by atoms with Gasteiger partial charge in [0.25, 0.3) is 0 Å². The van der Waals surface area contributed by atoms with Crippen molar-refractivity contribution in [1.29, 1.82) is 0 Å². The molecule has 1 heterocycles. The molecule has 0 radical (unpaired) electrons. The van der Waals surface area contributed by atoms with Gasteiger partial charge in [-0.15, -0.1) is 0 Å². The number of nitrogens with zero attached hydrogens (tertiary/aromatic N) is 1. The SMILES string of the molecule is O=POCCc1ccccn1. The largest absolute Gasteiger partial charge is 0.327 e. The molecule has 0 saturated heterocycles. The third-order valence-corrected chi connectivity index (χ3v) is 1.52. The van der Waals surface area contributed by atoms with Crippen molar-refractivity contribution in [2.24, 2.45) is 0 Å². The van der Waals surface area contributed by atoms with Crippen molar-refractivity contribution in [2.45, 2.75) is 6.42 Å². The van der Waals surface area contributed by atoms with Gasteiger partial charge in [0.2, 0.25) is 0 Å². The first-order chi connectivity index (χ1) is 5.43. The van der Waals surface area contributed by atoms with Crippen molar-refractivity contribution in [3.05, 3.63) is 30.1 Å². The Labute approximate surface area is 66.7 Å². The minimum atomic E-state index is -0.263. The van der Waals surface area contributed by atoms with E-state index in [1.165, 1.54) is 0 Å². The monoisotopic (exact) mass is 169 g/mol. The molecule has 3 nitrogen and oxygen atoms in total. The van der Waals surface area contributed by atoms with Crippen LogP contribution in [0.4, 0.5) is 0 Å². The Morgan fingerprint density at radius 2 is 2.45 bits per heavy atom. The van der Waals surface area contributed by atoms with Crippen LogP contribution in [0.15, 0.2) is 24.4 Å². The summed E-state index contributed by atoms with van der Waals surface area (Å²) in [6, 6.07) is 5.68. The Bertz CT molecular complexity index is 215. The highest BCUT2D eigenvalue weighted by atomic mass is 31.1. The molecule has 0 bridgehead atoms. The van der Waals surface area contributed by atoms with E-state index < -0.39 is 0 Å². The summed E-state index contributed by atoms with van der Waals surface area (Å²) in [7, 11) is -0.263.